The summed E-state index contributed by atoms with van der Waals surface area (Å²) >= 11 is 0. The molecule has 0 radical (unpaired) electrons. The molecule has 1 aliphatic heterocycles. The van der Waals surface area contributed by atoms with Crippen LogP contribution in [0.5, 0.6) is 0 Å². The molecule has 2 atom stereocenters. The van der Waals surface area contributed by atoms with Crippen molar-refractivity contribution in [2.45, 2.75) is 33.2 Å². The van der Waals surface area contributed by atoms with Gasteiger partial charge in [0.05, 0.1) is 0 Å². The first-order chi connectivity index (χ1) is 9.11. The van der Waals surface area contributed by atoms with Gasteiger partial charge < -0.3 is 15.3 Å². The number of aliphatic hydroxyl groups excluding tert-OH is 1. The molecule has 1 heterocycles. The SMILES string of the molecule is Cc1ccc(C)c(N2CC(C)CNCC2CCO)c1. The second-order valence-electron chi connectivity index (χ2n) is 5.87. The Kier molecular flexibility index (Phi) is 4.83. The maximum Gasteiger partial charge on any atom is 0.0451 e. The van der Waals surface area contributed by atoms with Crippen LogP contribution >= 0.6 is 0 Å². The zero-order chi connectivity index (χ0) is 13.8. The normalized spacial score (nSPS) is 24.3. The van der Waals surface area contributed by atoms with Crippen LogP contribution in [-0.2, 0) is 0 Å². The zero-order valence-corrected chi connectivity index (χ0v) is 12.3. The van der Waals surface area contributed by atoms with Crippen molar-refractivity contribution in [2.75, 3.05) is 31.1 Å². The minimum atomic E-state index is 0.252. The van der Waals surface area contributed by atoms with E-state index in [2.05, 4.69) is 49.2 Å². The van der Waals surface area contributed by atoms with E-state index in [9.17, 15) is 5.11 Å². The Bertz CT molecular complexity index is 419. The van der Waals surface area contributed by atoms with E-state index in [-0.39, 0.29) is 6.61 Å². The highest BCUT2D eigenvalue weighted by molar-refractivity contribution is 5.56. The summed E-state index contributed by atoms with van der Waals surface area (Å²) in [5.74, 6) is 0.628. The molecule has 0 aliphatic carbocycles. The van der Waals surface area contributed by atoms with Gasteiger partial charge >= 0.3 is 0 Å². The first-order valence-electron chi connectivity index (χ1n) is 7.27. The van der Waals surface area contributed by atoms with Crippen molar-refractivity contribution in [3.63, 3.8) is 0 Å². The third-order valence-electron chi connectivity index (χ3n) is 3.96. The average molecular weight is 262 g/mol. The van der Waals surface area contributed by atoms with Crippen LogP contribution in [0.15, 0.2) is 18.2 Å². The van der Waals surface area contributed by atoms with Crippen LogP contribution < -0.4 is 10.2 Å². The number of nitrogens with one attached hydrogen (secondary N) is 1. The summed E-state index contributed by atoms with van der Waals surface area (Å²) in [6.07, 6.45) is 0.826. The van der Waals surface area contributed by atoms with E-state index in [1.807, 2.05) is 0 Å². The van der Waals surface area contributed by atoms with Crippen LogP contribution in [0.25, 0.3) is 0 Å². The molecule has 0 aromatic heterocycles. The maximum absolute atomic E-state index is 9.31. The van der Waals surface area contributed by atoms with Crippen LogP contribution in [-0.4, -0.2) is 37.4 Å². The summed E-state index contributed by atoms with van der Waals surface area (Å²) in [4.78, 5) is 2.49. The second-order valence-corrected chi connectivity index (χ2v) is 5.87. The van der Waals surface area contributed by atoms with E-state index in [0.717, 1.165) is 26.1 Å². The van der Waals surface area contributed by atoms with Crippen LogP contribution in [0.1, 0.15) is 24.5 Å². The highest BCUT2D eigenvalue weighted by Crippen LogP contribution is 2.26. The molecule has 1 saturated heterocycles. The molecular weight excluding hydrogens is 236 g/mol. The fourth-order valence-electron chi connectivity index (χ4n) is 2.89. The van der Waals surface area contributed by atoms with Crippen molar-refractivity contribution in [1.82, 2.24) is 5.32 Å². The molecule has 0 saturated carbocycles. The molecule has 3 nitrogen and oxygen atoms in total. The Balaban J connectivity index is 2.32. The van der Waals surface area contributed by atoms with Gasteiger partial charge in [0.25, 0.3) is 0 Å². The Morgan fingerprint density at radius 3 is 2.84 bits per heavy atom. The highest BCUT2D eigenvalue weighted by Gasteiger charge is 2.24. The largest absolute Gasteiger partial charge is 0.396 e. The number of anilines is 1. The fraction of sp³-hybridized carbons (Fsp3) is 0.625. The van der Waals surface area contributed by atoms with Gasteiger partial charge in [0.1, 0.15) is 0 Å². The molecule has 3 heteroatoms. The van der Waals surface area contributed by atoms with Gasteiger partial charge in [0.2, 0.25) is 0 Å². The van der Waals surface area contributed by atoms with E-state index in [0.29, 0.717) is 12.0 Å². The smallest absolute Gasteiger partial charge is 0.0451 e. The van der Waals surface area contributed by atoms with E-state index >= 15 is 0 Å². The van der Waals surface area contributed by atoms with Crippen molar-refractivity contribution >= 4 is 5.69 Å². The van der Waals surface area contributed by atoms with E-state index < -0.39 is 0 Å². The molecule has 0 spiro atoms. The van der Waals surface area contributed by atoms with Crippen molar-refractivity contribution in [2.24, 2.45) is 5.92 Å². The number of hydrogen-bond donors (Lipinski definition) is 2. The number of hydrogen-bond acceptors (Lipinski definition) is 3. The molecule has 1 aliphatic rings. The molecule has 0 bridgehead atoms. The summed E-state index contributed by atoms with van der Waals surface area (Å²) in [6.45, 7) is 9.93. The van der Waals surface area contributed by atoms with Gasteiger partial charge in [0, 0.05) is 31.4 Å². The number of aryl methyl sites for hydroxylation is 2. The van der Waals surface area contributed by atoms with Gasteiger partial charge in [-0.25, -0.2) is 0 Å². The Labute approximate surface area is 116 Å². The first-order valence-corrected chi connectivity index (χ1v) is 7.27. The van der Waals surface area contributed by atoms with Crippen LogP contribution in [0.2, 0.25) is 0 Å². The molecule has 1 fully saturated rings. The standard InChI is InChI=1S/C16H26N2O/c1-12-4-5-14(3)16(8-12)18-11-13(2)9-17-10-15(18)6-7-19/h4-5,8,13,15,17,19H,6-7,9-11H2,1-3H3. The van der Waals surface area contributed by atoms with Gasteiger partial charge in [-0.2, -0.15) is 0 Å². The minimum absolute atomic E-state index is 0.252. The second kappa shape index (κ2) is 6.40. The number of nitrogens with zero attached hydrogens (tertiary/aromatic N) is 1. The molecule has 2 N–H and O–H groups in total. The Hall–Kier alpha value is -1.06. The summed E-state index contributed by atoms with van der Waals surface area (Å²) in [5.41, 5.74) is 3.95. The van der Waals surface area contributed by atoms with Crippen molar-refractivity contribution < 1.29 is 5.11 Å². The predicted octanol–water partition coefficient (Wildman–Crippen LogP) is 2.10. The molecule has 2 rings (SSSR count). The molecular formula is C16H26N2O. The molecule has 1 aromatic rings. The number of aliphatic hydroxyl groups is 1. The average Bonchev–Trinajstić information content (AvgIpc) is 2.55. The topological polar surface area (TPSA) is 35.5 Å². The lowest BCUT2D eigenvalue weighted by molar-refractivity contribution is 0.272. The van der Waals surface area contributed by atoms with Gasteiger partial charge in [-0.3, -0.25) is 0 Å². The van der Waals surface area contributed by atoms with Crippen LogP contribution in [0.3, 0.4) is 0 Å². The summed E-state index contributed by atoms with van der Waals surface area (Å²) in [6, 6.07) is 7.02. The maximum atomic E-state index is 9.31. The predicted molar refractivity (Wildman–Crippen MR) is 80.8 cm³/mol. The number of rotatable bonds is 3. The van der Waals surface area contributed by atoms with Crippen LogP contribution in [0, 0.1) is 19.8 Å². The van der Waals surface area contributed by atoms with Gasteiger partial charge in [0.15, 0.2) is 0 Å². The van der Waals surface area contributed by atoms with Gasteiger partial charge in [-0.15, -0.1) is 0 Å². The lowest BCUT2D eigenvalue weighted by Crippen LogP contribution is -2.41. The monoisotopic (exact) mass is 262 g/mol. The summed E-state index contributed by atoms with van der Waals surface area (Å²) in [5, 5.41) is 12.8. The zero-order valence-electron chi connectivity index (χ0n) is 12.3. The van der Waals surface area contributed by atoms with Gasteiger partial charge in [-0.1, -0.05) is 19.1 Å². The molecule has 0 amide bonds. The lowest BCUT2D eigenvalue weighted by atomic mass is 10.0. The quantitative estimate of drug-likeness (QED) is 0.875. The van der Waals surface area contributed by atoms with Crippen molar-refractivity contribution in [1.29, 1.82) is 0 Å². The van der Waals surface area contributed by atoms with E-state index in [4.69, 9.17) is 0 Å². The van der Waals surface area contributed by atoms with E-state index in [1.54, 1.807) is 0 Å². The fourth-order valence-corrected chi connectivity index (χ4v) is 2.89. The highest BCUT2D eigenvalue weighted by atomic mass is 16.3. The first kappa shape index (κ1) is 14.4. The van der Waals surface area contributed by atoms with Crippen LogP contribution in [0.4, 0.5) is 5.69 Å². The number of benzene rings is 1. The third kappa shape index (κ3) is 3.48. The Morgan fingerprint density at radius 2 is 2.11 bits per heavy atom. The molecule has 1 aromatic carbocycles. The summed E-state index contributed by atoms with van der Waals surface area (Å²) < 4.78 is 0. The Morgan fingerprint density at radius 1 is 1.32 bits per heavy atom. The summed E-state index contributed by atoms with van der Waals surface area (Å²) in [7, 11) is 0. The molecule has 106 valence electrons. The van der Waals surface area contributed by atoms with Crippen molar-refractivity contribution in [3.05, 3.63) is 29.3 Å². The molecule has 2 unspecified atom stereocenters. The molecule has 19 heavy (non-hydrogen) atoms. The third-order valence-corrected chi connectivity index (χ3v) is 3.96. The minimum Gasteiger partial charge on any atom is -0.396 e. The van der Waals surface area contributed by atoms with Gasteiger partial charge in [-0.05, 0) is 49.9 Å². The lowest BCUT2D eigenvalue weighted by Gasteiger charge is -2.34. The van der Waals surface area contributed by atoms with Crippen molar-refractivity contribution in [3.8, 4) is 0 Å². The van der Waals surface area contributed by atoms with E-state index in [1.165, 1.54) is 16.8 Å².